The number of halogens is 2. The summed E-state index contributed by atoms with van der Waals surface area (Å²) in [7, 11) is 0. The van der Waals surface area contributed by atoms with Crippen LogP contribution in [0, 0.1) is 11.6 Å². The van der Waals surface area contributed by atoms with Gasteiger partial charge in [-0.1, -0.05) is 25.5 Å². The van der Waals surface area contributed by atoms with Gasteiger partial charge in [-0.15, -0.1) is 0 Å². The van der Waals surface area contributed by atoms with Crippen molar-refractivity contribution in [1.29, 1.82) is 0 Å². The lowest BCUT2D eigenvalue weighted by Crippen LogP contribution is -2.45. The number of rotatable bonds is 6. The zero-order valence-corrected chi connectivity index (χ0v) is 12.8. The Balaban J connectivity index is 2.07. The molecule has 1 aliphatic carbocycles. The Morgan fingerprint density at radius 3 is 2.57 bits per heavy atom. The molecule has 1 fully saturated rings. The van der Waals surface area contributed by atoms with Crippen molar-refractivity contribution in [2.75, 3.05) is 6.54 Å². The van der Waals surface area contributed by atoms with E-state index in [0.717, 1.165) is 25.0 Å². The van der Waals surface area contributed by atoms with Gasteiger partial charge in [-0.05, 0) is 25.0 Å². The van der Waals surface area contributed by atoms with Crippen LogP contribution in [0.3, 0.4) is 0 Å². The van der Waals surface area contributed by atoms with Crippen LogP contribution < -0.4 is 10.6 Å². The summed E-state index contributed by atoms with van der Waals surface area (Å²) in [6.45, 7) is 3.50. The molecule has 23 heavy (non-hydrogen) atoms. The predicted molar refractivity (Wildman–Crippen MR) is 82.5 cm³/mol. The van der Waals surface area contributed by atoms with Gasteiger partial charge in [-0.2, -0.15) is 0 Å². The summed E-state index contributed by atoms with van der Waals surface area (Å²) in [5, 5.41) is 5.40. The lowest BCUT2D eigenvalue weighted by molar-refractivity contribution is -0.123. The van der Waals surface area contributed by atoms with E-state index in [9.17, 15) is 18.4 Å². The van der Waals surface area contributed by atoms with Gasteiger partial charge < -0.3 is 10.6 Å². The maximum atomic E-state index is 14.1. The van der Waals surface area contributed by atoms with Gasteiger partial charge in [0, 0.05) is 24.6 Å². The maximum Gasteiger partial charge on any atom is 0.243 e. The summed E-state index contributed by atoms with van der Waals surface area (Å²) in [6.07, 6.45) is 4.17. The molecular weight excluding hydrogens is 302 g/mol. The van der Waals surface area contributed by atoms with Crippen molar-refractivity contribution in [1.82, 2.24) is 10.6 Å². The smallest absolute Gasteiger partial charge is 0.243 e. The molecule has 0 bridgehead atoms. The van der Waals surface area contributed by atoms with Crippen LogP contribution >= 0.6 is 0 Å². The number of benzene rings is 1. The molecule has 1 aromatic rings. The SMILES string of the molecule is C=CC(=O)NCCC(=O)NC1(c2ccc(F)cc2F)CCCC1. The molecule has 1 aromatic carbocycles. The van der Waals surface area contributed by atoms with Crippen LogP contribution in [0.5, 0.6) is 0 Å². The second kappa shape index (κ2) is 7.35. The summed E-state index contributed by atoms with van der Waals surface area (Å²) in [6, 6.07) is 3.44. The maximum absolute atomic E-state index is 14.1. The van der Waals surface area contributed by atoms with Gasteiger partial charge in [0.1, 0.15) is 11.6 Å². The highest BCUT2D eigenvalue weighted by Crippen LogP contribution is 2.40. The third-order valence-corrected chi connectivity index (χ3v) is 4.12. The van der Waals surface area contributed by atoms with Crippen molar-refractivity contribution in [2.24, 2.45) is 0 Å². The highest BCUT2D eigenvalue weighted by molar-refractivity contribution is 5.87. The molecule has 0 atom stereocenters. The quantitative estimate of drug-likeness (QED) is 0.791. The topological polar surface area (TPSA) is 58.2 Å². The van der Waals surface area contributed by atoms with Crippen LogP contribution in [0.4, 0.5) is 8.78 Å². The first kappa shape index (κ1) is 17.1. The number of hydrogen-bond donors (Lipinski definition) is 2. The van der Waals surface area contributed by atoms with E-state index in [2.05, 4.69) is 17.2 Å². The first-order valence-electron chi connectivity index (χ1n) is 7.64. The molecule has 2 N–H and O–H groups in total. The molecule has 4 nitrogen and oxygen atoms in total. The molecule has 0 unspecified atom stereocenters. The van der Waals surface area contributed by atoms with Gasteiger partial charge in [0.2, 0.25) is 11.8 Å². The minimum atomic E-state index is -0.794. The number of hydrogen-bond acceptors (Lipinski definition) is 2. The Labute approximate surface area is 134 Å². The van der Waals surface area contributed by atoms with E-state index in [1.54, 1.807) is 0 Å². The molecule has 0 aliphatic heterocycles. The third-order valence-electron chi connectivity index (χ3n) is 4.12. The summed E-state index contributed by atoms with van der Waals surface area (Å²) < 4.78 is 27.3. The van der Waals surface area contributed by atoms with Crippen molar-refractivity contribution in [2.45, 2.75) is 37.6 Å². The van der Waals surface area contributed by atoms with Crippen molar-refractivity contribution < 1.29 is 18.4 Å². The Morgan fingerprint density at radius 1 is 1.26 bits per heavy atom. The molecule has 1 saturated carbocycles. The van der Waals surface area contributed by atoms with Crippen molar-refractivity contribution in [3.05, 3.63) is 48.1 Å². The standard InChI is InChI=1S/C17H20F2N2O2/c1-2-15(22)20-10-7-16(23)21-17(8-3-4-9-17)13-6-5-12(18)11-14(13)19/h2,5-6,11H,1,3-4,7-10H2,(H,20,22)(H,21,23). The van der Waals surface area contributed by atoms with Crippen LogP contribution in [0.25, 0.3) is 0 Å². The van der Waals surface area contributed by atoms with Crippen LogP contribution in [-0.4, -0.2) is 18.4 Å². The third kappa shape index (κ3) is 4.15. The number of amides is 2. The second-order valence-electron chi connectivity index (χ2n) is 5.71. The molecule has 1 aliphatic rings. The first-order valence-corrected chi connectivity index (χ1v) is 7.64. The highest BCUT2D eigenvalue weighted by Gasteiger charge is 2.38. The van der Waals surface area contributed by atoms with Gasteiger partial charge in [0.25, 0.3) is 0 Å². The molecule has 0 spiro atoms. The zero-order valence-electron chi connectivity index (χ0n) is 12.8. The summed E-state index contributed by atoms with van der Waals surface area (Å²) in [5.74, 6) is -1.91. The summed E-state index contributed by atoms with van der Waals surface area (Å²) in [4.78, 5) is 23.2. The lowest BCUT2D eigenvalue weighted by atomic mass is 9.87. The van der Waals surface area contributed by atoms with Crippen molar-refractivity contribution in [3.63, 3.8) is 0 Å². The zero-order chi connectivity index (χ0) is 16.9. The number of carbonyl (C=O) groups excluding carboxylic acids is 2. The Kier molecular flexibility index (Phi) is 5.47. The van der Waals surface area contributed by atoms with Gasteiger partial charge in [-0.3, -0.25) is 9.59 Å². The number of nitrogens with one attached hydrogen (secondary N) is 2. The highest BCUT2D eigenvalue weighted by atomic mass is 19.1. The normalized spacial score (nSPS) is 15.9. The van der Waals surface area contributed by atoms with Crippen LogP contribution in [0.15, 0.2) is 30.9 Å². The Bertz CT molecular complexity index is 611. The molecule has 0 radical (unpaired) electrons. The van der Waals surface area contributed by atoms with Crippen LogP contribution in [-0.2, 0) is 15.1 Å². The first-order chi connectivity index (χ1) is 11.0. The fourth-order valence-electron chi connectivity index (χ4n) is 3.02. The van der Waals surface area contributed by atoms with E-state index in [1.165, 1.54) is 12.1 Å². The van der Waals surface area contributed by atoms with Gasteiger partial charge in [0.15, 0.2) is 0 Å². The molecule has 124 valence electrons. The fraction of sp³-hybridized carbons (Fsp3) is 0.412. The van der Waals surface area contributed by atoms with E-state index >= 15 is 0 Å². The summed E-state index contributed by atoms with van der Waals surface area (Å²) in [5.41, 5.74) is -0.475. The molecule has 0 aromatic heterocycles. The van der Waals surface area contributed by atoms with Crippen LogP contribution in [0.2, 0.25) is 0 Å². The minimum absolute atomic E-state index is 0.0874. The van der Waals surface area contributed by atoms with Crippen molar-refractivity contribution in [3.8, 4) is 0 Å². The predicted octanol–water partition coefficient (Wildman–Crippen LogP) is 2.54. The summed E-state index contributed by atoms with van der Waals surface area (Å²) >= 11 is 0. The van der Waals surface area contributed by atoms with Gasteiger partial charge in [-0.25, -0.2) is 8.78 Å². The van der Waals surface area contributed by atoms with Gasteiger partial charge >= 0.3 is 0 Å². The Morgan fingerprint density at radius 2 is 1.96 bits per heavy atom. The second-order valence-corrected chi connectivity index (χ2v) is 5.71. The van der Waals surface area contributed by atoms with Crippen LogP contribution in [0.1, 0.15) is 37.7 Å². The van der Waals surface area contributed by atoms with E-state index in [-0.39, 0.29) is 24.8 Å². The molecule has 6 heteroatoms. The van der Waals surface area contributed by atoms with E-state index in [1.807, 2.05) is 0 Å². The average molecular weight is 322 g/mol. The fourth-order valence-corrected chi connectivity index (χ4v) is 3.02. The molecule has 0 heterocycles. The molecule has 2 rings (SSSR count). The Hall–Kier alpha value is -2.24. The van der Waals surface area contributed by atoms with E-state index < -0.39 is 17.2 Å². The van der Waals surface area contributed by atoms with E-state index in [0.29, 0.717) is 18.4 Å². The van der Waals surface area contributed by atoms with Crippen molar-refractivity contribution >= 4 is 11.8 Å². The monoisotopic (exact) mass is 322 g/mol. The molecular formula is C17H20F2N2O2. The van der Waals surface area contributed by atoms with Gasteiger partial charge in [0.05, 0.1) is 5.54 Å². The average Bonchev–Trinajstić information content (AvgIpc) is 2.96. The molecule has 0 saturated heterocycles. The number of carbonyl (C=O) groups is 2. The minimum Gasteiger partial charge on any atom is -0.352 e. The lowest BCUT2D eigenvalue weighted by Gasteiger charge is -2.31. The van der Waals surface area contributed by atoms with E-state index in [4.69, 9.17) is 0 Å². The largest absolute Gasteiger partial charge is 0.352 e. The molecule has 2 amide bonds.